The number of pyridine rings is 1. The van der Waals surface area contributed by atoms with Crippen LogP contribution in [0.1, 0.15) is 52.1 Å². The lowest BCUT2D eigenvalue weighted by molar-refractivity contribution is -0.0309. The van der Waals surface area contributed by atoms with Crippen LogP contribution in [0.3, 0.4) is 0 Å². The van der Waals surface area contributed by atoms with E-state index in [1.54, 1.807) is 0 Å². The summed E-state index contributed by atoms with van der Waals surface area (Å²) in [4.78, 5) is 9.27. The number of anilines is 1. The Morgan fingerprint density at radius 3 is 2.74 bits per heavy atom. The Balaban J connectivity index is 2.06. The van der Waals surface area contributed by atoms with Gasteiger partial charge in [0.2, 0.25) is 0 Å². The molecule has 126 valence electrons. The minimum absolute atomic E-state index is 0.00934. The number of halogens is 1. The van der Waals surface area contributed by atoms with Gasteiger partial charge in [0.1, 0.15) is 22.7 Å². The Morgan fingerprint density at radius 1 is 1.30 bits per heavy atom. The maximum Gasteiger partial charge on any atom is 0.166 e. The van der Waals surface area contributed by atoms with Gasteiger partial charge in [0.15, 0.2) is 5.65 Å². The number of aryl methyl sites for hydroxylation is 1. The van der Waals surface area contributed by atoms with Crippen LogP contribution in [0.15, 0.2) is 6.07 Å². The van der Waals surface area contributed by atoms with Crippen molar-refractivity contribution in [3.05, 3.63) is 17.0 Å². The fourth-order valence-electron chi connectivity index (χ4n) is 2.94. The lowest BCUT2D eigenvalue weighted by Gasteiger charge is -2.25. The molecule has 1 unspecified atom stereocenters. The first-order chi connectivity index (χ1) is 11.0. The Labute approximate surface area is 142 Å². The van der Waals surface area contributed by atoms with E-state index >= 15 is 0 Å². The van der Waals surface area contributed by atoms with Gasteiger partial charge in [-0.2, -0.15) is 0 Å². The van der Waals surface area contributed by atoms with Crippen LogP contribution < -0.4 is 5.32 Å². The van der Waals surface area contributed by atoms with Crippen molar-refractivity contribution < 1.29 is 4.74 Å². The second-order valence-electron chi connectivity index (χ2n) is 6.69. The normalized spacial score (nSPS) is 20.2. The first-order valence-corrected chi connectivity index (χ1v) is 8.78. The standard InChI is InChI=1S/C17H25ClN4O/c1-10(2)11(3)19-13-9-14(18)21-17-16(13)20-12(4)22(17)15-7-5-6-8-23-15/h9-11,15H,5-8H2,1-4H3,(H,19,21)/t11-,15?/m1/s1. The number of hydrogen-bond donors (Lipinski definition) is 1. The lowest BCUT2D eigenvalue weighted by atomic mass is 10.1. The first-order valence-electron chi connectivity index (χ1n) is 8.40. The highest BCUT2D eigenvalue weighted by molar-refractivity contribution is 6.30. The average molecular weight is 337 g/mol. The number of nitrogens with zero attached hydrogens (tertiary/aromatic N) is 3. The van der Waals surface area contributed by atoms with Gasteiger partial charge >= 0.3 is 0 Å². The Kier molecular flexibility index (Phi) is 4.78. The highest BCUT2D eigenvalue weighted by atomic mass is 35.5. The smallest absolute Gasteiger partial charge is 0.166 e. The molecule has 2 aromatic heterocycles. The third-order valence-corrected chi connectivity index (χ3v) is 4.81. The third kappa shape index (κ3) is 3.31. The molecule has 0 amide bonds. The largest absolute Gasteiger partial charge is 0.380 e. The van der Waals surface area contributed by atoms with E-state index < -0.39 is 0 Å². The Morgan fingerprint density at radius 2 is 2.09 bits per heavy atom. The summed E-state index contributed by atoms with van der Waals surface area (Å²) in [5.74, 6) is 1.43. The lowest BCUT2D eigenvalue weighted by Crippen LogP contribution is -2.22. The minimum Gasteiger partial charge on any atom is -0.380 e. The van der Waals surface area contributed by atoms with Gasteiger partial charge in [-0.25, -0.2) is 9.97 Å². The number of rotatable bonds is 4. The quantitative estimate of drug-likeness (QED) is 0.832. The molecule has 0 aromatic carbocycles. The van der Waals surface area contributed by atoms with Crippen molar-refractivity contribution in [1.29, 1.82) is 0 Å². The summed E-state index contributed by atoms with van der Waals surface area (Å²) in [6.07, 6.45) is 3.29. The average Bonchev–Trinajstić information content (AvgIpc) is 2.84. The summed E-state index contributed by atoms with van der Waals surface area (Å²) in [5, 5.41) is 4.01. The molecule has 3 rings (SSSR count). The van der Waals surface area contributed by atoms with Crippen molar-refractivity contribution in [3.8, 4) is 0 Å². The highest BCUT2D eigenvalue weighted by Crippen LogP contribution is 2.32. The van der Waals surface area contributed by atoms with E-state index in [0.29, 0.717) is 17.1 Å². The molecule has 0 saturated carbocycles. The molecule has 2 aromatic rings. The molecule has 1 fully saturated rings. The van der Waals surface area contributed by atoms with Crippen LogP contribution in [0.25, 0.3) is 11.2 Å². The summed E-state index contributed by atoms with van der Waals surface area (Å²) in [5.41, 5.74) is 2.62. The second kappa shape index (κ2) is 6.65. The topological polar surface area (TPSA) is 52.0 Å². The van der Waals surface area contributed by atoms with Crippen LogP contribution in [0, 0.1) is 12.8 Å². The third-order valence-electron chi connectivity index (χ3n) is 4.62. The molecule has 0 aliphatic carbocycles. The van der Waals surface area contributed by atoms with Crippen LogP contribution in [0.5, 0.6) is 0 Å². The van der Waals surface area contributed by atoms with Gasteiger partial charge in [-0.15, -0.1) is 0 Å². The monoisotopic (exact) mass is 336 g/mol. The van der Waals surface area contributed by atoms with E-state index in [1.165, 1.54) is 6.42 Å². The first kappa shape index (κ1) is 16.5. The number of fused-ring (bicyclic) bond motifs is 1. The van der Waals surface area contributed by atoms with Gasteiger partial charge in [-0.1, -0.05) is 25.4 Å². The van der Waals surface area contributed by atoms with Gasteiger partial charge in [-0.3, -0.25) is 4.57 Å². The fraction of sp³-hybridized carbons (Fsp3) is 0.647. The van der Waals surface area contributed by atoms with Crippen molar-refractivity contribution in [1.82, 2.24) is 14.5 Å². The van der Waals surface area contributed by atoms with Crippen molar-refractivity contribution in [3.63, 3.8) is 0 Å². The van der Waals surface area contributed by atoms with E-state index in [1.807, 2.05) is 13.0 Å². The number of nitrogens with one attached hydrogen (secondary N) is 1. The van der Waals surface area contributed by atoms with E-state index in [2.05, 4.69) is 35.6 Å². The minimum atomic E-state index is 0.00934. The number of aromatic nitrogens is 3. The molecule has 0 radical (unpaired) electrons. The zero-order valence-corrected chi connectivity index (χ0v) is 15.0. The van der Waals surface area contributed by atoms with E-state index in [0.717, 1.165) is 42.1 Å². The zero-order chi connectivity index (χ0) is 16.6. The number of ether oxygens (including phenoxy) is 1. The molecular formula is C17H25ClN4O. The molecule has 1 aliphatic heterocycles. The predicted molar refractivity (Wildman–Crippen MR) is 94.0 cm³/mol. The predicted octanol–water partition coefficient (Wildman–Crippen LogP) is 4.55. The zero-order valence-electron chi connectivity index (χ0n) is 14.3. The van der Waals surface area contributed by atoms with Crippen LogP contribution in [0.4, 0.5) is 5.69 Å². The summed E-state index contributed by atoms with van der Waals surface area (Å²) in [7, 11) is 0. The molecule has 6 heteroatoms. The fourth-order valence-corrected chi connectivity index (χ4v) is 3.12. The molecule has 23 heavy (non-hydrogen) atoms. The second-order valence-corrected chi connectivity index (χ2v) is 7.08. The maximum atomic E-state index is 6.27. The maximum absolute atomic E-state index is 6.27. The van der Waals surface area contributed by atoms with E-state index in [9.17, 15) is 0 Å². The van der Waals surface area contributed by atoms with Crippen molar-refractivity contribution >= 4 is 28.5 Å². The summed E-state index contributed by atoms with van der Waals surface area (Å²) >= 11 is 6.27. The molecule has 3 heterocycles. The number of imidazole rings is 1. The summed E-state index contributed by atoms with van der Waals surface area (Å²) in [6.45, 7) is 9.34. The number of hydrogen-bond acceptors (Lipinski definition) is 4. The molecule has 0 spiro atoms. The van der Waals surface area contributed by atoms with Crippen molar-refractivity contribution in [2.24, 2.45) is 5.92 Å². The summed E-state index contributed by atoms with van der Waals surface area (Å²) in [6, 6.07) is 2.19. The molecule has 1 N–H and O–H groups in total. The molecule has 2 atom stereocenters. The molecule has 1 aliphatic rings. The Hall–Kier alpha value is -1.33. The van der Waals surface area contributed by atoms with Gasteiger partial charge in [0.05, 0.1) is 5.69 Å². The van der Waals surface area contributed by atoms with Crippen molar-refractivity contribution in [2.45, 2.75) is 59.2 Å². The molecule has 1 saturated heterocycles. The van der Waals surface area contributed by atoms with Crippen molar-refractivity contribution in [2.75, 3.05) is 11.9 Å². The van der Waals surface area contributed by atoms with Crippen LogP contribution in [-0.2, 0) is 4.74 Å². The van der Waals surface area contributed by atoms with Crippen LogP contribution in [-0.4, -0.2) is 27.2 Å². The van der Waals surface area contributed by atoms with Crippen LogP contribution >= 0.6 is 11.6 Å². The van der Waals surface area contributed by atoms with Gasteiger partial charge in [0, 0.05) is 18.7 Å². The molecule has 0 bridgehead atoms. The van der Waals surface area contributed by atoms with E-state index in [4.69, 9.17) is 21.3 Å². The SMILES string of the molecule is Cc1nc2c(N[C@H](C)C(C)C)cc(Cl)nc2n1C1CCCCO1. The molecular weight excluding hydrogens is 312 g/mol. The van der Waals surface area contributed by atoms with Gasteiger partial charge in [0.25, 0.3) is 0 Å². The highest BCUT2D eigenvalue weighted by Gasteiger charge is 2.23. The van der Waals surface area contributed by atoms with E-state index in [-0.39, 0.29) is 6.23 Å². The Bertz CT molecular complexity index is 691. The van der Waals surface area contributed by atoms with Crippen LogP contribution in [0.2, 0.25) is 5.15 Å². The van der Waals surface area contributed by atoms with Gasteiger partial charge < -0.3 is 10.1 Å². The summed E-state index contributed by atoms with van der Waals surface area (Å²) < 4.78 is 8.02. The molecule has 5 nitrogen and oxygen atoms in total. The van der Waals surface area contributed by atoms with Gasteiger partial charge in [-0.05, 0) is 39.0 Å².